The van der Waals surface area contributed by atoms with E-state index in [9.17, 15) is 18.7 Å². The molecular formula is C31H35F2N5O3S. The third-order valence-electron chi connectivity index (χ3n) is 9.24. The van der Waals surface area contributed by atoms with Gasteiger partial charge in [-0.2, -0.15) is 21.7 Å². The molecular weight excluding hydrogens is 560 g/mol. The van der Waals surface area contributed by atoms with E-state index in [-0.39, 0.29) is 35.6 Å². The van der Waals surface area contributed by atoms with E-state index < -0.39 is 6.17 Å². The van der Waals surface area contributed by atoms with Crippen LogP contribution in [0.15, 0.2) is 24.3 Å². The highest BCUT2D eigenvalue weighted by molar-refractivity contribution is 7.99. The molecule has 1 N–H and O–H groups in total. The van der Waals surface area contributed by atoms with E-state index in [0.717, 1.165) is 50.4 Å². The molecule has 3 fully saturated rings. The summed E-state index contributed by atoms with van der Waals surface area (Å²) in [6.07, 6.45) is 2.87. The standard InChI is InChI=1S/C31H35F2N5O3S/c1-2-22-23(33)6-5-19-13-21(39)14-25(26(19)22)38-17-24-27(29(38)40)28(36-8-4-11-42-12-10-36)35-30(34-24)41-18-31-7-3-9-37(31)16-20(32)15-31/h5-6,13-14,20,39H,2-4,7-12,15-18H2,1H3. The lowest BCUT2D eigenvalue weighted by Crippen LogP contribution is -2.43. The van der Waals surface area contributed by atoms with Gasteiger partial charge in [0.05, 0.1) is 23.5 Å². The number of amides is 1. The molecule has 0 saturated carbocycles. The Balaban J connectivity index is 1.29. The monoisotopic (exact) mass is 595 g/mol. The number of hydrogen-bond donors (Lipinski definition) is 1. The number of ether oxygens (including phenoxy) is 1. The number of aromatic hydroxyl groups is 1. The van der Waals surface area contributed by atoms with Crippen LogP contribution in [0.25, 0.3) is 10.8 Å². The van der Waals surface area contributed by atoms with Gasteiger partial charge in [0.25, 0.3) is 5.91 Å². The number of alkyl halides is 1. The van der Waals surface area contributed by atoms with Gasteiger partial charge >= 0.3 is 6.01 Å². The van der Waals surface area contributed by atoms with E-state index in [1.807, 2.05) is 18.7 Å². The molecule has 0 spiro atoms. The molecule has 8 nitrogen and oxygen atoms in total. The van der Waals surface area contributed by atoms with Crippen LogP contribution in [-0.4, -0.2) is 81.9 Å². The van der Waals surface area contributed by atoms with Crippen LogP contribution in [0.4, 0.5) is 20.3 Å². The fourth-order valence-corrected chi connectivity index (χ4v) is 8.18. The van der Waals surface area contributed by atoms with Gasteiger partial charge in [-0.25, -0.2) is 8.78 Å². The third-order valence-corrected chi connectivity index (χ3v) is 10.3. The smallest absolute Gasteiger partial charge is 0.318 e. The molecule has 2 unspecified atom stereocenters. The lowest BCUT2D eigenvalue weighted by Gasteiger charge is -2.31. The highest BCUT2D eigenvalue weighted by Crippen LogP contribution is 2.43. The summed E-state index contributed by atoms with van der Waals surface area (Å²) in [5.74, 6) is 1.88. The van der Waals surface area contributed by atoms with Gasteiger partial charge in [0.15, 0.2) is 0 Å². The van der Waals surface area contributed by atoms with Gasteiger partial charge in [-0.3, -0.25) is 9.69 Å². The Hall–Kier alpha value is -3.18. The fraction of sp³-hybridized carbons (Fsp3) is 0.516. The van der Waals surface area contributed by atoms with E-state index in [2.05, 4.69) is 9.80 Å². The number of phenols is 1. The van der Waals surface area contributed by atoms with Crippen molar-refractivity contribution in [3.63, 3.8) is 0 Å². The van der Waals surface area contributed by atoms with E-state index in [1.54, 1.807) is 17.0 Å². The minimum atomic E-state index is -0.860. The van der Waals surface area contributed by atoms with Crippen LogP contribution in [0.1, 0.15) is 54.2 Å². The molecule has 2 atom stereocenters. The van der Waals surface area contributed by atoms with Gasteiger partial charge in [-0.05, 0) is 61.1 Å². The second-order valence-corrected chi connectivity index (χ2v) is 13.0. The maximum Gasteiger partial charge on any atom is 0.318 e. The average molecular weight is 596 g/mol. The minimum Gasteiger partial charge on any atom is -0.508 e. The topological polar surface area (TPSA) is 82.0 Å². The molecule has 4 aliphatic heterocycles. The molecule has 1 amide bonds. The zero-order valence-electron chi connectivity index (χ0n) is 23.7. The first-order valence-corrected chi connectivity index (χ1v) is 16.0. The highest BCUT2D eigenvalue weighted by atomic mass is 32.2. The van der Waals surface area contributed by atoms with E-state index >= 15 is 0 Å². The molecule has 222 valence electrons. The van der Waals surface area contributed by atoms with Crippen molar-refractivity contribution in [3.05, 3.63) is 46.9 Å². The molecule has 0 aliphatic carbocycles. The number of thioether (sulfide) groups is 1. The van der Waals surface area contributed by atoms with Gasteiger partial charge in [0.1, 0.15) is 35.7 Å². The van der Waals surface area contributed by atoms with Crippen molar-refractivity contribution in [2.45, 2.75) is 57.3 Å². The minimum absolute atomic E-state index is 0.00195. The Morgan fingerprint density at radius 2 is 2.05 bits per heavy atom. The number of fused-ring (bicyclic) bond motifs is 3. The maximum atomic E-state index is 14.9. The van der Waals surface area contributed by atoms with Crippen molar-refractivity contribution in [2.75, 3.05) is 54.1 Å². The molecule has 0 radical (unpaired) electrons. The summed E-state index contributed by atoms with van der Waals surface area (Å²) in [6.45, 7) is 5.12. The fourth-order valence-electron chi connectivity index (χ4n) is 7.29. The van der Waals surface area contributed by atoms with Crippen LogP contribution < -0.4 is 14.5 Å². The normalized spacial score (nSPS) is 24.4. The Bertz CT molecular complexity index is 1550. The number of phenolic OH excluding ortho intramolecular Hbond substituents is 1. The number of benzene rings is 2. The molecule has 3 aromatic rings. The predicted molar refractivity (Wildman–Crippen MR) is 160 cm³/mol. The van der Waals surface area contributed by atoms with Crippen LogP contribution in [0, 0.1) is 5.82 Å². The number of hydrogen-bond acceptors (Lipinski definition) is 8. The van der Waals surface area contributed by atoms with E-state index in [0.29, 0.717) is 65.1 Å². The zero-order valence-corrected chi connectivity index (χ0v) is 24.6. The van der Waals surface area contributed by atoms with Crippen LogP contribution in [0.3, 0.4) is 0 Å². The SMILES string of the molecule is CCc1c(F)ccc2cc(O)cc(N3Cc4nc(OCC56CCCN5CC(F)C6)nc(N5CCCSCC5)c4C3=O)c12. The van der Waals surface area contributed by atoms with Crippen molar-refractivity contribution in [1.29, 1.82) is 0 Å². The quantitative estimate of drug-likeness (QED) is 0.422. The number of nitrogens with zero attached hydrogens (tertiary/aromatic N) is 5. The number of anilines is 2. The zero-order chi connectivity index (χ0) is 29.0. The van der Waals surface area contributed by atoms with E-state index in [4.69, 9.17) is 14.7 Å². The predicted octanol–water partition coefficient (Wildman–Crippen LogP) is 5.10. The van der Waals surface area contributed by atoms with Gasteiger partial charge in [0.2, 0.25) is 0 Å². The second-order valence-electron chi connectivity index (χ2n) is 11.8. The van der Waals surface area contributed by atoms with Gasteiger partial charge in [-0.1, -0.05) is 13.0 Å². The summed E-state index contributed by atoms with van der Waals surface area (Å²) in [6, 6.07) is 6.34. The van der Waals surface area contributed by atoms with Gasteiger partial charge in [-0.15, -0.1) is 0 Å². The Kier molecular flexibility index (Phi) is 7.12. The first-order valence-electron chi connectivity index (χ1n) is 14.9. The van der Waals surface area contributed by atoms with Crippen molar-refractivity contribution < 1.29 is 23.4 Å². The summed E-state index contributed by atoms with van der Waals surface area (Å²) >= 11 is 1.88. The van der Waals surface area contributed by atoms with E-state index in [1.165, 1.54) is 12.1 Å². The second kappa shape index (κ2) is 10.8. The molecule has 4 aliphatic rings. The van der Waals surface area contributed by atoms with Crippen molar-refractivity contribution in [3.8, 4) is 11.8 Å². The van der Waals surface area contributed by atoms with Crippen LogP contribution in [0.5, 0.6) is 11.8 Å². The largest absolute Gasteiger partial charge is 0.508 e. The summed E-state index contributed by atoms with van der Waals surface area (Å²) in [7, 11) is 0. The number of aryl methyl sites for hydroxylation is 1. The number of aromatic nitrogens is 2. The lowest BCUT2D eigenvalue weighted by molar-refractivity contribution is 0.0996. The summed E-state index contributed by atoms with van der Waals surface area (Å²) < 4.78 is 35.6. The van der Waals surface area contributed by atoms with Crippen LogP contribution >= 0.6 is 11.8 Å². The molecule has 3 saturated heterocycles. The average Bonchev–Trinajstić information content (AvgIpc) is 3.51. The number of carbonyl (C=O) groups excluding carboxylic acids is 1. The van der Waals surface area contributed by atoms with Crippen molar-refractivity contribution in [1.82, 2.24) is 14.9 Å². The molecule has 5 heterocycles. The number of carbonyl (C=O) groups is 1. The first-order chi connectivity index (χ1) is 20.4. The third kappa shape index (κ3) is 4.65. The number of halogens is 2. The highest BCUT2D eigenvalue weighted by Gasteiger charge is 2.49. The molecule has 11 heteroatoms. The van der Waals surface area contributed by atoms with Crippen LogP contribution in [0.2, 0.25) is 0 Å². The molecule has 7 rings (SSSR count). The molecule has 2 aromatic carbocycles. The summed E-state index contributed by atoms with van der Waals surface area (Å²) in [4.78, 5) is 29.7. The van der Waals surface area contributed by atoms with Gasteiger partial charge in [0, 0.05) is 43.3 Å². The van der Waals surface area contributed by atoms with Crippen molar-refractivity contribution >= 4 is 39.9 Å². The Labute approximate surface area is 248 Å². The van der Waals surface area contributed by atoms with Crippen LogP contribution in [-0.2, 0) is 13.0 Å². The maximum absolute atomic E-state index is 14.9. The first kappa shape index (κ1) is 27.6. The molecule has 1 aromatic heterocycles. The molecule has 0 bridgehead atoms. The van der Waals surface area contributed by atoms with Gasteiger partial charge < -0.3 is 19.6 Å². The summed E-state index contributed by atoms with van der Waals surface area (Å²) in [5, 5.41) is 11.9. The molecule has 42 heavy (non-hydrogen) atoms. The lowest BCUT2D eigenvalue weighted by atomic mass is 9.95. The van der Waals surface area contributed by atoms with Crippen molar-refractivity contribution in [2.24, 2.45) is 0 Å². The summed E-state index contributed by atoms with van der Waals surface area (Å²) in [5.41, 5.74) is 1.56. The Morgan fingerprint density at radius 1 is 1.17 bits per heavy atom. The number of rotatable bonds is 6. The Morgan fingerprint density at radius 3 is 2.90 bits per heavy atom.